The zero-order chi connectivity index (χ0) is 17.9. The fourth-order valence-electron chi connectivity index (χ4n) is 2.17. The Bertz CT molecular complexity index is 201. The van der Waals surface area contributed by atoms with Crippen molar-refractivity contribution in [3.05, 3.63) is 0 Å². The first-order valence-electron chi connectivity index (χ1n) is 8.93. The van der Waals surface area contributed by atoms with Gasteiger partial charge in [0.15, 0.2) is 0 Å². The van der Waals surface area contributed by atoms with E-state index in [0.717, 1.165) is 45.3 Å². The quantitative estimate of drug-likeness (QED) is 0.333. The number of rotatable bonds is 15. The predicted molar refractivity (Wildman–Crippen MR) is 93.6 cm³/mol. The van der Waals surface area contributed by atoms with Gasteiger partial charge in [-0.15, -0.1) is 0 Å². The van der Waals surface area contributed by atoms with Gasteiger partial charge in [-0.25, -0.2) is 0 Å². The first kappa shape index (κ1) is 25.0. The molecule has 0 rings (SSSR count). The molecule has 0 aromatic rings. The minimum atomic E-state index is -0.600. The summed E-state index contributed by atoms with van der Waals surface area (Å²) < 4.78 is 5.11. The van der Waals surface area contributed by atoms with Crippen LogP contribution >= 0.6 is 0 Å². The van der Waals surface area contributed by atoms with E-state index in [-0.39, 0.29) is 13.2 Å². The Morgan fingerprint density at radius 3 is 1.57 bits per heavy atom. The second-order valence-corrected chi connectivity index (χ2v) is 5.50. The van der Waals surface area contributed by atoms with Gasteiger partial charge in [-0.2, -0.15) is 0 Å². The molecule has 0 spiro atoms. The lowest BCUT2D eigenvalue weighted by atomic mass is 10.1. The molecule has 0 heterocycles. The van der Waals surface area contributed by atoms with Crippen LogP contribution in [0.2, 0.25) is 0 Å². The van der Waals surface area contributed by atoms with E-state index in [1.807, 2.05) is 13.8 Å². The number of unbranched alkanes of at least 4 members (excludes halogenated alkanes) is 2. The van der Waals surface area contributed by atoms with Crippen molar-refractivity contribution < 1.29 is 25.2 Å². The fraction of sp³-hybridized carbons (Fsp3) is 1.00. The zero-order valence-corrected chi connectivity index (χ0v) is 15.3. The van der Waals surface area contributed by atoms with Crippen LogP contribution in [0.4, 0.5) is 0 Å². The normalized spacial score (nSPS) is 13.6. The van der Waals surface area contributed by atoms with E-state index in [9.17, 15) is 10.2 Å². The average molecular weight is 338 g/mol. The smallest absolute Gasteiger partial charge is 0.0770 e. The summed E-state index contributed by atoms with van der Waals surface area (Å²) in [5.41, 5.74) is 0. The van der Waals surface area contributed by atoms with Gasteiger partial charge in [0.1, 0.15) is 0 Å². The molecule has 142 valence electrons. The maximum absolute atomic E-state index is 9.29. The number of nitrogens with zero attached hydrogens (tertiary/aromatic N) is 1. The molecule has 6 nitrogen and oxygen atoms in total. The van der Waals surface area contributed by atoms with Crippen LogP contribution in [0.1, 0.15) is 52.4 Å². The van der Waals surface area contributed by atoms with Crippen LogP contribution in [0.5, 0.6) is 0 Å². The van der Waals surface area contributed by atoms with Crippen molar-refractivity contribution in [1.29, 1.82) is 0 Å². The number of ether oxygens (including phenoxy) is 1. The topological polar surface area (TPSA) is 93.4 Å². The summed E-state index contributed by atoms with van der Waals surface area (Å²) in [5, 5.41) is 36.1. The lowest BCUT2D eigenvalue weighted by Gasteiger charge is -2.22. The van der Waals surface area contributed by atoms with Crippen molar-refractivity contribution in [1.82, 2.24) is 4.90 Å². The summed E-state index contributed by atoms with van der Waals surface area (Å²) >= 11 is 0. The van der Waals surface area contributed by atoms with Crippen molar-refractivity contribution in [3.8, 4) is 0 Å². The number of aliphatic hydroxyl groups excluding tert-OH is 4. The van der Waals surface area contributed by atoms with Gasteiger partial charge >= 0.3 is 0 Å². The SMILES string of the molecule is CC.COCCN(CCCCC(O)CO)CCCCC(O)CO. The van der Waals surface area contributed by atoms with Crippen molar-refractivity contribution in [2.75, 3.05) is 46.6 Å². The maximum atomic E-state index is 9.29. The van der Waals surface area contributed by atoms with Crippen LogP contribution < -0.4 is 0 Å². The number of methoxy groups -OCH3 is 1. The standard InChI is InChI=1S/C15H33NO5.C2H6/c1-21-11-10-16(8-4-2-6-14(19)12-17)9-5-3-7-15(20)13-18;1-2/h14-15,17-20H,2-13H2,1H3;1-2H3. The minimum absolute atomic E-state index is 0.166. The van der Waals surface area contributed by atoms with Gasteiger partial charge in [-0.3, -0.25) is 0 Å². The fourth-order valence-corrected chi connectivity index (χ4v) is 2.17. The van der Waals surface area contributed by atoms with E-state index in [2.05, 4.69) is 4.90 Å². The monoisotopic (exact) mass is 337 g/mol. The lowest BCUT2D eigenvalue weighted by molar-refractivity contribution is 0.0826. The molecule has 0 aliphatic rings. The number of hydrogen-bond acceptors (Lipinski definition) is 6. The van der Waals surface area contributed by atoms with Gasteiger partial charge in [0.05, 0.1) is 32.0 Å². The Morgan fingerprint density at radius 1 is 0.783 bits per heavy atom. The minimum Gasteiger partial charge on any atom is -0.394 e. The molecule has 2 unspecified atom stereocenters. The van der Waals surface area contributed by atoms with Crippen LogP contribution in [0.25, 0.3) is 0 Å². The third-order valence-corrected chi connectivity index (χ3v) is 3.56. The van der Waals surface area contributed by atoms with Crippen LogP contribution in [0, 0.1) is 0 Å². The van der Waals surface area contributed by atoms with E-state index < -0.39 is 12.2 Å². The largest absolute Gasteiger partial charge is 0.394 e. The van der Waals surface area contributed by atoms with Crippen molar-refractivity contribution >= 4 is 0 Å². The van der Waals surface area contributed by atoms with Crippen LogP contribution in [-0.4, -0.2) is 84.1 Å². The first-order chi connectivity index (χ1) is 11.1. The van der Waals surface area contributed by atoms with Crippen molar-refractivity contribution in [2.24, 2.45) is 0 Å². The van der Waals surface area contributed by atoms with Gasteiger partial charge in [0, 0.05) is 13.7 Å². The Morgan fingerprint density at radius 2 is 1.22 bits per heavy atom. The molecular weight excluding hydrogens is 298 g/mol. The molecule has 6 heteroatoms. The molecule has 0 radical (unpaired) electrons. The highest BCUT2D eigenvalue weighted by Gasteiger charge is 2.07. The number of hydrogen-bond donors (Lipinski definition) is 4. The first-order valence-corrected chi connectivity index (χ1v) is 8.93. The van der Waals surface area contributed by atoms with Gasteiger partial charge in [-0.05, 0) is 51.6 Å². The van der Waals surface area contributed by atoms with Gasteiger partial charge < -0.3 is 30.1 Å². The molecule has 0 bridgehead atoms. The van der Waals surface area contributed by atoms with Crippen LogP contribution in [0.3, 0.4) is 0 Å². The molecule has 0 aromatic carbocycles. The molecule has 2 atom stereocenters. The highest BCUT2D eigenvalue weighted by molar-refractivity contribution is 4.61. The second kappa shape index (κ2) is 19.8. The van der Waals surface area contributed by atoms with E-state index in [1.54, 1.807) is 7.11 Å². The molecular formula is C17H39NO5. The van der Waals surface area contributed by atoms with Crippen LogP contribution in [0.15, 0.2) is 0 Å². The summed E-state index contributed by atoms with van der Waals surface area (Å²) in [7, 11) is 1.69. The summed E-state index contributed by atoms with van der Waals surface area (Å²) in [6.07, 6.45) is 3.84. The van der Waals surface area contributed by atoms with Crippen molar-refractivity contribution in [2.45, 2.75) is 64.6 Å². The third-order valence-electron chi connectivity index (χ3n) is 3.56. The third kappa shape index (κ3) is 17.9. The molecule has 0 aliphatic carbocycles. The lowest BCUT2D eigenvalue weighted by Crippen LogP contribution is -2.30. The molecule has 4 N–H and O–H groups in total. The second-order valence-electron chi connectivity index (χ2n) is 5.50. The van der Waals surface area contributed by atoms with Gasteiger partial charge in [0.2, 0.25) is 0 Å². The summed E-state index contributed by atoms with van der Waals surface area (Å²) in [6.45, 7) is 7.13. The molecule has 0 saturated heterocycles. The molecule has 0 aromatic heterocycles. The average Bonchev–Trinajstić information content (AvgIpc) is 2.60. The summed E-state index contributed by atoms with van der Waals surface area (Å²) in [4.78, 5) is 2.32. The van der Waals surface area contributed by atoms with Crippen LogP contribution in [-0.2, 0) is 4.74 Å². The van der Waals surface area contributed by atoms with E-state index in [0.29, 0.717) is 19.4 Å². The molecule has 0 saturated carbocycles. The Kier molecular flexibility index (Phi) is 21.5. The Labute approximate surface area is 142 Å². The van der Waals surface area contributed by atoms with E-state index in [4.69, 9.17) is 14.9 Å². The summed E-state index contributed by atoms with van der Waals surface area (Å²) in [5.74, 6) is 0. The Hall–Kier alpha value is -0.240. The van der Waals surface area contributed by atoms with Gasteiger partial charge in [-0.1, -0.05) is 13.8 Å². The Balaban J connectivity index is 0. The summed E-state index contributed by atoms with van der Waals surface area (Å²) in [6, 6.07) is 0. The van der Waals surface area contributed by atoms with Gasteiger partial charge in [0.25, 0.3) is 0 Å². The highest BCUT2D eigenvalue weighted by atomic mass is 16.5. The van der Waals surface area contributed by atoms with E-state index in [1.165, 1.54) is 0 Å². The van der Waals surface area contributed by atoms with E-state index >= 15 is 0 Å². The molecule has 0 amide bonds. The predicted octanol–water partition coefficient (Wildman–Crippen LogP) is 1.01. The highest BCUT2D eigenvalue weighted by Crippen LogP contribution is 2.06. The zero-order valence-electron chi connectivity index (χ0n) is 15.3. The molecule has 0 aliphatic heterocycles. The maximum Gasteiger partial charge on any atom is 0.0770 e. The molecule has 23 heavy (non-hydrogen) atoms. The number of aliphatic hydroxyl groups is 4. The van der Waals surface area contributed by atoms with Crippen molar-refractivity contribution in [3.63, 3.8) is 0 Å². The molecule has 0 fully saturated rings.